The number of hydrogen-bond donors (Lipinski definition) is 0. The van der Waals surface area contributed by atoms with Gasteiger partial charge in [-0.25, -0.2) is 0 Å². The van der Waals surface area contributed by atoms with Crippen LogP contribution in [0.5, 0.6) is 5.75 Å². The molecule has 1 aliphatic heterocycles. The molecular weight excluding hydrogens is 464 g/mol. The van der Waals surface area contributed by atoms with Crippen LogP contribution in [0.4, 0.5) is 0 Å². The highest BCUT2D eigenvalue weighted by Gasteiger charge is 2.37. The SMILES string of the molecule is COc1ccc(C2=NN(S(=O)(=O)c3ccc(C)cc3)C(c3ccc(Br)cc3)C2)cc1. The number of halogens is 1. The maximum absolute atomic E-state index is 13.5. The second-order valence-corrected chi connectivity index (χ2v) is 9.85. The first-order valence-corrected chi connectivity index (χ1v) is 11.7. The number of ether oxygens (including phenoxy) is 1. The summed E-state index contributed by atoms with van der Waals surface area (Å²) in [7, 11) is -2.19. The van der Waals surface area contributed by atoms with E-state index in [0.29, 0.717) is 6.42 Å². The van der Waals surface area contributed by atoms with E-state index in [-0.39, 0.29) is 4.90 Å². The Balaban J connectivity index is 1.77. The van der Waals surface area contributed by atoms with Crippen molar-refractivity contribution in [2.45, 2.75) is 24.3 Å². The molecule has 154 valence electrons. The second kappa shape index (κ2) is 8.24. The van der Waals surface area contributed by atoms with Gasteiger partial charge in [0.1, 0.15) is 5.75 Å². The Labute approximate surface area is 185 Å². The van der Waals surface area contributed by atoms with Gasteiger partial charge in [0.05, 0.1) is 23.8 Å². The van der Waals surface area contributed by atoms with E-state index in [4.69, 9.17) is 4.74 Å². The zero-order valence-corrected chi connectivity index (χ0v) is 19.0. The molecule has 0 spiro atoms. The minimum atomic E-state index is -3.81. The van der Waals surface area contributed by atoms with Gasteiger partial charge in [-0.1, -0.05) is 45.8 Å². The summed E-state index contributed by atoms with van der Waals surface area (Å²) < 4.78 is 34.3. The minimum absolute atomic E-state index is 0.231. The predicted octanol–water partition coefficient (Wildman–Crippen LogP) is 5.31. The maximum atomic E-state index is 13.5. The number of benzene rings is 3. The van der Waals surface area contributed by atoms with Crippen molar-refractivity contribution < 1.29 is 13.2 Å². The Morgan fingerprint density at radius 3 is 2.20 bits per heavy atom. The first-order chi connectivity index (χ1) is 14.4. The lowest BCUT2D eigenvalue weighted by Crippen LogP contribution is -2.27. The predicted molar refractivity (Wildman–Crippen MR) is 121 cm³/mol. The molecule has 3 aromatic carbocycles. The van der Waals surface area contributed by atoms with E-state index < -0.39 is 16.1 Å². The van der Waals surface area contributed by atoms with Crippen molar-refractivity contribution in [3.8, 4) is 5.75 Å². The molecule has 0 aromatic heterocycles. The van der Waals surface area contributed by atoms with Crippen LogP contribution in [0.1, 0.15) is 29.2 Å². The molecule has 1 aliphatic rings. The van der Waals surface area contributed by atoms with Crippen LogP contribution in [0.3, 0.4) is 0 Å². The highest BCUT2D eigenvalue weighted by Crippen LogP contribution is 2.37. The summed E-state index contributed by atoms with van der Waals surface area (Å²) in [5.41, 5.74) is 3.49. The molecule has 0 amide bonds. The first-order valence-electron chi connectivity index (χ1n) is 9.47. The number of rotatable bonds is 5. The maximum Gasteiger partial charge on any atom is 0.279 e. The number of nitrogens with zero attached hydrogens (tertiary/aromatic N) is 2. The molecule has 1 atom stereocenters. The lowest BCUT2D eigenvalue weighted by molar-refractivity contribution is 0.371. The van der Waals surface area contributed by atoms with Gasteiger partial charge in [-0.3, -0.25) is 0 Å². The van der Waals surface area contributed by atoms with Crippen LogP contribution in [0, 0.1) is 6.92 Å². The zero-order chi connectivity index (χ0) is 21.3. The van der Waals surface area contributed by atoms with Gasteiger partial charge in [0.2, 0.25) is 0 Å². The smallest absolute Gasteiger partial charge is 0.279 e. The second-order valence-electron chi connectivity index (χ2n) is 7.14. The molecule has 1 unspecified atom stereocenters. The molecule has 0 aliphatic carbocycles. The van der Waals surface area contributed by atoms with E-state index in [1.807, 2.05) is 55.5 Å². The Bertz CT molecular complexity index is 1170. The molecule has 0 saturated carbocycles. The summed E-state index contributed by atoms with van der Waals surface area (Å²) >= 11 is 3.44. The standard InChI is InChI=1S/C23H21BrN2O3S/c1-16-3-13-21(14-4-16)30(27,28)26-23(18-5-9-19(24)10-6-18)15-22(25-26)17-7-11-20(29-2)12-8-17/h3-14,23H,15H2,1-2H3. The van der Waals surface area contributed by atoms with E-state index >= 15 is 0 Å². The van der Waals surface area contributed by atoms with Crippen molar-refractivity contribution in [2.24, 2.45) is 5.10 Å². The summed E-state index contributed by atoms with van der Waals surface area (Å²) in [6, 6.07) is 21.6. The lowest BCUT2D eigenvalue weighted by Gasteiger charge is -2.23. The van der Waals surface area contributed by atoms with E-state index in [2.05, 4.69) is 21.0 Å². The summed E-state index contributed by atoms with van der Waals surface area (Å²) in [5, 5.41) is 4.57. The van der Waals surface area contributed by atoms with Crippen LogP contribution in [-0.4, -0.2) is 25.7 Å². The Kier molecular flexibility index (Phi) is 5.66. The van der Waals surface area contributed by atoms with Gasteiger partial charge < -0.3 is 4.74 Å². The average molecular weight is 485 g/mol. The van der Waals surface area contributed by atoms with Crippen molar-refractivity contribution in [1.82, 2.24) is 4.41 Å². The van der Waals surface area contributed by atoms with Crippen LogP contribution in [-0.2, 0) is 10.0 Å². The van der Waals surface area contributed by atoms with Gasteiger partial charge in [-0.15, -0.1) is 0 Å². The molecule has 1 heterocycles. The van der Waals surface area contributed by atoms with Crippen LogP contribution >= 0.6 is 15.9 Å². The molecule has 3 aromatic rings. The molecule has 0 radical (unpaired) electrons. The topological polar surface area (TPSA) is 59.0 Å². The minimum Gasteiger partial charge on any atom is -0.497 e. The van der Waals surface area contributed by atoms with Gasteiger partial charge in [-0.05, 0) is 66.6 Å². The van der Waals surface area contributed by atoms with Crippen LogP contribution in [0.25, 0.3) is 0 Å². The number of methoxy groups -OCH3 is 1. The van der Waals surface area contributed by atoms with E-state index in [1.165, 1.54) is 4.41 Å². The fraction of sp³-hybridized carbons (Fsp3) is 0.174. The molecule has 7 heteroatoms. The van der Waals surface area contributed by atoms with Crippen molar-refractivity contribution >= 4 is 31.7 Å². The van der Waals surface area contributed by atoms with E-state index in [9.17, 15) is 8.42 Å². The van der Waals surface area contributed by atoms with Crippen molar-refractivity contribution in [3.63, 3.8) is 0 Å². The number of hydrazone groups is 1. The Morgan fingerprint density at radius 1 is 0.967 bits per heavy atom. The molecule has 0 N–H and O–H groups in total. The van der Waals surface area contributed by atoms with Gasteiger partial charge in [0.15, 0.2) is 0 Å². The van der Waals surface area contributed by atoms with Crippen molar-refractivity contribution in [2.75, 3.05) is 7.11 Å². The summed E-state index contributed by atoms with van der Waals surface area (Å²) in [6.45, 7) is 1.93. The number of hydrogen-bond acceptors (Lipinski definition) is 4. The monoisotopic (exact) mass is 484 g/mol. The fourth-order valence-corrected chi connectivity index (χ4v) is 5.12. The molecule has 0 saturated heterocycles. The van der Waals surface area contributed by atoms with Gasteiger partial charge in [0.25, 0.3) is 10.0 Å². The summed E-state index contributed by atoms with van der Waals surface area (Å²) in [4.78, 5) is 0.231. The quantitative estimate of drug-likeness (QED) is 0.493. The third-order valence-corrected chi connectivity index (χ3v) is 7.34. The van der Waals surface area contributed by atoms with E-state index in [0.717, 1.165) is 32.6 Å². The number of sulfonamides is 1. The lowest BCUT2D eigenvalue weighted by atomic mass is 9.99. The van der Waals surface area contributed by atoms with Gasteiger partial charge in [0, 0.05) is 10.9 Å². The summed E-state index contributed by atoms with van der Waals surface area (Å²) in [5.74, 6) is 0.742. The van der Waals surface area contributed by atoms with Crippen molar-refractivity contribution in [1.29, 1.82) is 0 Å². The average Bonchev–Trinajstić information content (AvgIpc) is 3.21. The first kappa shape index (κ1) is 20.6. The number of aryl methyl sites for hydroxylation is 1. The molecular formula is C23H21BrN2O3S. The molecule has 5 nitrogen and oxygen atoms in total. The Hall–Kier alpha value is -2.64. The van der Waals surface area contributed by atoms with Crippen molar-refractivity contribution in [3.05, 3.63) is 94.0 Å². The Morgan fingerprint density at radius 2 is 1.60 bits per heavy atom. The molecule has 0 fully saturated rings. The summed E-state index contributed by atoms with van der Waals surface area (Å²) in [6.07, 6.45) is 0.485. The third kappa shape index (κ3) is 4.00. The highest BCUT2D eigenvalue weighted by molar-refractivity contribution is 9.10. The van der Waals surface area contributed by atoms with Crippen LogP contribution in [0.2, 0.25) is 0 Å². The molecule has 0 bridgehead atoms. The fourth-order valence-electron chi connectivity index (χ4n) is 3.42. The normalized spacial score (nSPS) is 16.4. The van der Waals surface area contributed by atoms with Gasteiger partial charge in [-0.2, -0.15) is 17.9 Å². The highest BCUT2D eigenvalue weighted by atomic mass is 79.9. The van der Waals surface area contributed by atoms with E-state index in [1.54, 1.807) is 31.4 Å². The zero-order valence-electron chi connectivity index (χ0n) is 16.6. The van der Waals surface area contributed by atoms with Gasteiger partial charge >= 0.3 is 0 Å². The third-order valence-electron chi connectivity index (χ3n) is 5.12. The molecule has 4 rings (SSSR count). The largest absolute Gasteiger partial charge is 0.497 e. The van der Waals surface area contributed by atoms with Crippen LogP contribution in [0.15, 0.2) is 87.3 Å². The molecule has 30 heavy (non-hydrogen) atoms. The van der Waals surface area contributed by atoms with Crippen LogP contribution < -0.4 is 4.74 Å².